The van der Waals surface area contributed by atoms with E-state index in [4.69, 9.17) is 4.74 Å². The van der Waals surface area contributed by atoms with E-state index in [1.54, 1.807) is 25.4 Å². The predicted octanol–water partition coefficient (Wildman–Crippen LogP) is 2.00. The van der Waals surface area contributed by atoms with Gasteiger partial charge < -0.3 is 10.1 Å². The third-order valence-electron chi connectivity index (χ3n) is 2.93. The molecule has 0 aliphatic heterocycles. The lowest BCUT2D eigenvalue weighted by Gasteiger charge is -2.18. The average Bonchev–Trinajstić information content (AvgIpc) is 2.45. The Morgan fingerprint density at radius 2 is 2.10 bits per heavy atom. The van der Waals surface area contributed by atoms with Crippen molar-refractivity contribution in [2.75, 3.05) is 25.6 Å². The van der Waals surface area contributed by atoms with Gasteiger partial charge in [0.05, 0.1) is 6.61 Å². The third-order valence-corrected chi connectivity index (χ3v) is 4.48. The Morgan fingerprint density at radius 3 is 2.71 bits per heavy atom. The maximum absolute atomic E-state index is 12.5. The molecular weight excluding hydrogens is 290 g/mol. The molecular formula is C14H25N3O3S. The summed E-state index contributed by atoms with van der Waals surface area (Å²) in [5, 5.41) is 3.04. The second-order valence-electron chi connectivity index (χ2n) is 4.84. The van der Waals surface area contributed by atoms with Gasteiger partial charge in [-0.15, -0.1) is 0 Å². The Labute approximate surface area is 127 Å². The van der Waals surface area contributed by atoms with Crippen LogP contribution in [0, 0.1) is 0 Å². The van der Waals surface area contributed by atoms with Gasteiger partial charge in [0.25, 0.3) is 0 Å². The first-order chi connectivity index (χ1) is 10.0. The van der Waals surface area contributed by atoms with Gasteiger partial charge >= 0.3 is 0 Å². The van der Waals surface area contributed by atoms with Crippen molar-refractivity contribution in [2.24, 2.45) is 0 Å². The molecule has 6 nitrogen and oxygen atoms in total. The number of aromatic nitrogens is 1. The molecule has 1 rings (SSSR count). The van der Waals surface area contributed by atoms with Crippen molar-refractivity contribution in [2.45, 2.75) is 44.0 Å². The van der Waals surface area contributed by atoms with Crippen molar-refractivity contribution in [3.63, 3.8) is 0 Å². The molecule has 0 aliphatic carbocycles. The standard InChI is InChI=1S/C14H25N3O3S/c1-4-7-12(11-20-3)17-21(18,19)13-8-6-10-16-14(13)15-9-5-2/h6,8,10,12,17H,4-5,7,9,11H2,1-3H3,(H,15,16). The Bertz CT molecular complexity index is 514. The van der Waals surface area contributed by atoms with Gasteiger partial charge in [-0.2, -0.15) is 0 Å². The zero-order chi connectivity index (χ0) is 15.7. The lowest BCUT2D eigenvalue weighted by atomic mass is 10.2. The van der Waals surface area contributed by atoms with Crippen LogP contribution in [0.15, 0.2) is 23.2 Å². The maximum Gasteiger partial charge on any atom is 0.244 e. The molecule has 0 aliphatic rings. The normalized spacial score (nSPS) is 13.1. The number of rotatable bonds is 10. The lowest BCUT2D eigenvalue weighted by Crippen LogP contribution is -2.38. The van der Waals surface area contributed by atoms with Crippen LogP contribution >= 0.6 is 0 Å². The number of pyridine rings is 1. The summed E-state index contributed by atoms with van der Waals surface area (Å²) < 4.78 is 32.8. The molecule has 0 amide bonds. The first-order valence-electron chi connectivity index (χ1n) is 7.25. The highest BCUT2D eigenvalue weighted by molar-refractivity contribution is 7.89. The smallest absolute Gasteiger partial charge is 0.244 e. The number of hydrogen-bond acceptors (Lipinski definition) is 5. The van der Waals surface area contributed by atoms with Gasteiger partial charge in [-0.05, 0) is 25.0 Å². The van der Waals surface area contributed by atoms with Crippen LogP contribution in [-0.4, -0.2) is 39.7 Å². The van der Waals surface area contributed by atoms with E-state index in [0.717, 1.165) is 19.3 Å². The molecule has 0 fully saturated rings. The quantitative estimate of drug-likeness (QED) is 0.690. The molecule has 1 unspecified atom stereocenters. The minimum atomic E-state index is -3.62. The van der Waals surface area contributed by atoms with Crippen LogP contribution in [0.3, 0.4) is 0 Å². The summed E-state index contributed by atoms with van der Waals surface area (Å²) in [6.45, 7) is 5.05. The summed E-state index contributed by atoms with van der Waals surface area (Å²) in [6, 6.07) is 2.95. The van der Waals surface area contributed by atoms with Crippen LogP contribution in [0.2, 0.25) is 0 Å². The van der Waals surface area contributed by atoms with Gasteiger partial charge in [0.1, 0.15) is 10.7 Å². The average molecular weight is 315 g/mol. The van der Waals surface area contributed by atoms with E-state index in [9.17, 15) is 8.42 Å². The number of ether oxygens (including phenoxy) is 1. The first kappa shape index (κ1) is 17.9. The van der Waals surface area contributed by atoms with Crippen molar-refractivity contribution in [3.8, 4) is 0 Å². The van der Waals surface area contributed by atoms with Crippen molar-refractivity contribution in [1.29, 1.82) is 0 Å². The second-order valence-corrected chi connectivity index (χ2v) is 6.52. The molecule has 21 heavy (non-hydrogen) atoms. The van der Waals surface area contributed by atoms with Gasteiger partial charge in [0.2, 0.25) is 10.0 Å². The zero-order valence-electron chi connectivity index (χ0n) is 12.9. The lowest BCUT2D eigenvalue weighted by molar-refractivity contribution is 0.171. The summed E-state index contributed by atoms with van der Waals surface area (Å²) in [5.41, 5.74) is 0. The van der Waals surface area contributed by atoms with E-state index in [1.807, 2.05) is 13.8 Å². The maximum atomic E-state index is 12.5. The molecule has 7 heteroatoms. The van der Waals surface area contributed by atoms with E-state index in [1.165, 1.54) is 0 Å². The largest absolute Gasteiger partial charge is 0.383 e. The molecule has 0 bridgehead atoms. The fraction of sp³-hybridized carbons (Fsp3) is 0.643. The van der Waals surface area contributed by atoms with Crippen LogP contribution in [0.25, 0.3) is 0 Å². The molecule has 0 saturated carbocycles. The molecule has 0 radical (unpaired) electrons. The highest BCUT2D eigenvalue weighted by atomic mass is 32.2. The molecule has 2 N–H and O–H groups in total. The van der Waals surface area contributed by atoms with Crippen LogP contribution < -0.4 is 10.0 Å². The van der Waals surface area contributed by atoms with Crippen molar-refractivity contribution in [1.82, 2.24) is 9.71 Å². The van der Waals surface area contributed by atoms with E-state index in [2.05, 4.69) is 15.0 Å². The molecule has 0 spiro atoms. The van der Waals surface area contributed by atoms with Gasteiger partial charge in [0, 0.05) is 25.9 Å². The Balaban J connectivity index is 2.95. The second kappa shape index (κ2) is 8.96. The number of methoxy groups -OCH3 is 1. The molecule has 0 aromatic carbocycles. The van der Waals surface area contributed by atoms with Crippen LogP contribution in [0.4, 0.5) is 5.82 Å². The van der Waals surface area contributed by atoms with Crippen molar-refractivity contribution >= 4 is 15.8 Å². The van der Waals surface area contributed by atoms with Crippen molar-refractivity contribution < 1.29 is 13.2 Å². The Hall–Kier alpha value is -1.18. The third kappa shape index (κ3) is 5.61. The van der Waals surface area contributed by atoms with E-state index < -0.39 is 10.0 Å². The van der Waals surface area contributed by atoms with Gasteiger partial charge in [-0.3, -0.25) is 0 Å². The molecule has 0 saturated heterocycles. The minimum absolute atomic E-state index is 0.177. The van der Waals surface area contributed by atoms with Gasteiger partial charge in [-0.25, -0.2) is 18.1 Å². The molecule has 1 heterocycles. The Morgan fingerprint density at radius 1 is 1.33 bits per heavy atom. The minimum Gasteiger partial charge on any atom is -0.383 e. The molecule has 1 aromatic rings. The monoisotopic (exact) mass is 315 g/mol. The summed E-state index contributed by atoms with van der Waals surface area (Å²) in [4.78, 5) is 4.30. The highest BCUT2D eigenvalue weighted by Crippen LogP contribution is 2.18. The van der Waals surface area contributed by atoms with Gasteiger partial charge in [0.15, 0.2) is 0 Å². The van der Waals surface area contributed by atoms with Crippen molar-refractivity contribution in [3.05, 3.63) is 18.3 Å². The number of anilines is 1. The fourth-order valence-corrected chi connectivity index (χ4v) is 3.38. The number of nitrogens with one attached hydrogen (secondary N) is 2. The summed E-state index contributed by atoms with van der Waals surface area (Å²) >= 11 is 0. The molecule has 1 atom stereocenters. The SMILES string of the molecule is CCCNc1ncccc1S(=O)(=O)NC(CCC)COC. The van der Waals surface area contributed by atoms with E-state index in [0.29, 0.717) is 19.0 Å². The van der Waals surface area contributed by atoms with Crippen LogP contribution in [0.1, 0.15) is 33.1 Å². The van der Waals surface area contributed by atoms with Crippen LogP contribution in [0.5, 0.6) is 0 Å². The topological polar surface area (TPSA) is 80.3 Å². The van der Waals surface area contributed by atoms with E-state index in [-0.39, 0.29) is 10.9 Å². The summed E-state index contributed by atoms with van der Waals surface area (Å²) in [6.07, 6.45) is 4.08. The molecule has 1 aromatic heterocycles. The summed E-state index contributed by atoms with van der Waals surface area (Å²) in [7, 11) is -2.06. The zero-order valence-corrected chi connectivity index (χ0v) is 13.7. The molecule has 120 valence electrons. The van der Waals surface area contributed by atoms with Crippen LogP contribution in [-0.2, 0) is 14.8 Å². The van der Waals surface area contributed by atoms with E-state index >= 15 is 0 Å². The summed E-state index contributed by atoms with van der Waals surface area (Å²) in [5.74, 6) is 0.388. The Kier molecular flexibility index (Phi) is 7.63. The highest BCUT2D eigenvalue weighted by Gasteiger charge is 2.23. The number of sulfonamides is 1. The first-order valence-corrected chi connectivity index (χ1v) is 8.73. The predicted molar refractivity (Wildman–Crippen MR) is 83.9 cm³/mol. The fourth-order valence-electron chi connectivity index (χ4n) is 1.99. The van der Waals surface area contributed by atoms with Gasteiger partial charge in [-0.1, -0.05) is 20.3 Å². The number of hydrogen-bond donors (Lipinski definition) is 2. The number of nitrogens with zero attached hydrogens (tertiary/aromatic N) is 1.